The van der Waals surface area contributed by atoms with E-state index in [4.69, 9.17) is 18.0 Å². The predicted octanol–water partition coefficient (Wildman–Crippen LogP) is 2.59. The summed E-state index contributed by atoms with van der Waals surface area (Å²) in [7, 11) is 0. The number of rotatable bonds is 5. The van der Waals surface area contributed by atoms with E-state index in [1.54, 1.807) is 23.7 Å². The first kappa shape index (κ1) is 13.4. The van der Waals surface area contributed by atoms with Crippen molar-refractivity contribution >= 4 is 50.3 Å². The Bertz CT molecular complexity index is 555. The van der Waals surface area contributed by atoms with E-state index < -0.39 is 0 Å². The van der Waals surface area contributed by atoms with Crippen molar-refractivity contribution in [1.29, 1.82) is 0 Å². The lowest BCUT2D eigenvalue weighted by Crippen LogP contribution is -2.17. The van der Waals surface area contributed by atoms with Gasteiger partial charge in [-0.05, 0) is 34.5 Å². The lowest BCUT2D eigenvalue weighted by atomic mass is 10.3. The van der Waals surface area contributed by atoms with Crippen LogP contribution < -0.4 is 11.1 Å². The number of hydrogen-bond donors (Lipinski definition) is 2. The molecule has 2 heterocycles. The minimum Gasteiger partial charge on any atom is -0.388 e. The quantitative estimate of drug-likeness (QED) is 0.817. The van der Waals surface area contributed by atoms with Crippen LogP contribution in [0.4, 0.5) is 5.82 Å². The van der Waals surface area contributed by atoms with Gasteiger partial charge in [0.1, 0.15) is 10.7 Å². The van der Waals surface area contributed by atoms with Crippen LogP contribution in [0.2, 0.25) is 0 Å². The Morgan fingerprint density at radius 1 is 1.39 bits per heavy atom. The predicted molar refractivity (Wildman–Crippen MR) is 82.1 cm³/mol. The van der Waals surface area contributed by atoms with Crippen molar-refractivity contribution in [2.45, 2.75) is 6.42 Å². The van der Waals surface area contributed by atoms with E-state index in [9.17, 15) is 0 Å². The van der Waals surface area contributed by atoms with Crippen molar-refractivity contribution in [2.24, 2.45) is 5.73 Å². The summed E-state index contributed by atoms with van der Waals surface area (Å²) in [6.07, 6.45) is 4.12. The van der Waals surface area contributed by atoms with Gasteiger partial charge in [0, 0.05) is 23.8 Å². The molecule has 0 bridgehead atoms. The fourth-order valence-electron chi connectivity index (χ4n) is 1.44. The molecular formula is C11H11BrN4S2. The molecule has 0 aliphatic carbocycles. The Balaban J connectivity index is 1.96. The molecule has 7 heteroatoms. The summed E-state index contributed by atoms with van der Waals surface area (Å²) in [6, 6.07) is 4.14. The van der Waals surface area contributed by atoms with Crippen molar-refractivity contribution in [1.82, 2.24) is 9.97 Å². The molecule has 0 aliphatic heterocycles. The zero-order valence-corrected chi connectivity index (χ0v) is 12.6. The highest BCUT2D eigenvalue weighted by Crippen LogP contribution is 2.22. The SMILES string of the molecule is NC(=S)c1nccnc1NCCc1ccc(Br)s1. The summed E-state index contributed by atoms with van der Waals surface area (Å²) in [5.41, 5.74) is 6.13. The molecule has 0 fully saturated rings. The second kappa shape index (κ2) is 6.21. The molecule has 0 spiro atoms. The van der Waals surface area contributed by atoms with Crippen LogP contribution in [-0.4, -0.2) is 21.5 Å². The highest BCUT2D eigenvalue weighted by Gasteiger charge is 2.07. The summed E-state index contributed by atoms with van der Waals surface area (Å²) in [4.78, 5) is 9.86. The van der Waals surface area contributed by atoms with E-state index in [2.05, 4.69) is 37.3 Å². The van der Waals surface area contributed by atoms with E-state index in [0.717, 1.165) is 16.8 Å². The molecule has 2 aromatic rings. The van der Waals surface area contributed by atoms with Gasteiger partial charge in [-0.1, -0.05) is 12.2 Å². The number of hydrogen-bond acceptors (Lipinski definition) is 5. The van der Waals surface area contributed by atoms with Crippen LogP contribution in [0.25, 0.3) is 0 Å². The number of nitrogens with two attached hydrogens (primary N) is 1. The van der Waals surface area contributed by atoms with E-state index in [1.807, 2.05) is 6.07 Å². The molecule has 18 heavy (non-hydrogen) atoms. The first-order valence-corrected chi connectivity index (χ1v) is 7.27. The van der Waals surface area contributed by atoms with Gasteiger partial charge in [-0.25, -0.2) is 9.97 Å². The third-order valence-corrected chi connectivity index (χ3v) is 4.10. The maximum Gasteiger partial charge on any atom is 0.155 e. The molecule has 2 aromatic heterocycles. The Labute approximate surface area is 123 Å². The molecule has 2 rings (SSSR count). The molecule has 0 atom stereocenters. The second-order valence-corrected chi connectivity index (χ2v) is 6.49. The molecule has 0 saturated carbocycles. The zero-order chi connectivity index (χ0) is 13.0. The standard InChI is InChI=1S/C11H11BrN4S2/c12-8-2-1-7(18-8)3-4-15-11-9(10(13)17)14-5-6-16-11/h1-2,5-6H,3-4H2,(H2,13,17)(H,15,16). The molecule has 0 aliphatic rings. The van der Waals surface area contributed by atoms with Crippen LogP contribution in [0.15, 0.2) is 28.3 Å². The second-order valence-electron chi connectivity index (χ2n) is 3.50. The Morgan fingerprint density at radius 2 is 2.17 bits per heavy atom. The molecule has 3 N–H and O–H groups in total. The normalized spacial score (nSPS) is 10.3. The number of nitrogens with one attached hydrogen (secondary N) is 1. The monoisotopic (exact) mass is 342 g/mol. The fraction of sp³-hybridized carbons (Fsp3) is 0.182. The van der Waals surface area contributed by atoms with Gasteiger partial charge >= 0.3 is 0 Å². The first-order chi connectivity index (χ1) is 8.66. The molecule has 94 valence electrons. The van der Waals surface area contributed by atoms with Crippen LogP contribution in [0.1, 0.15) is 10.6 Å². The summed E-state index contributed by atoms with van der Waals surface area (Å²) in [5.74, 6) is 0.639. The van der Waals surface area contributed by atoms with Gasteiger partial charge in [-0.15, -0.1) is 11.3 Å². The minimum absolute atomic E-state index is 0.254. The van der Waals surface area contributed by atoms with Crippen LogP contribution in [-0.2, 0) is 6.42 Å². The van der Waals surface area contributed by atoms with Gasteiger partial charge < -0.3 is 11.1 Å². The molecule has 0 amide bonds. The van der Waals surface area contributed by atoms with Gasteiger partial charge in [0.2, 0.25) is 0 Å². The van der Waals surface area contributed by atoms with Crippen molar-refractivity contribution in [2.75, 3.05) is 11.9 Å². The lowest BCUT2D eigenvalue weighted by molar-refractivity contribution is 1.02. The summed E-state index contributed by atoms with van der Waals surface area (Å²) in [5, 5.41) is 3.20. The number of aromatic nitrogens is 2. The Kier molecular flexibility index (Phi) is 4.62. The number of thiophene rings is 1. The molecule has 4 nitrogen and oxygen atoms in total. The molecule has 0 unspecified atom stereocenters. The Morgan fingerprint density at radius 3 is 2.83 bits per heavy atom. The van der Waals surface area contributed by atoms with Gasteiger partial charge in [-0.3, -0.25) is 0 Å². The molecular weight excluding hydrogens is 332 g/mol. The number of halogens is 1. The van der Waals surface area contributed by atoms with Gasteiger partial charge in [0.25, 0.3) is 0 Å². The maximum atomic E-state index is 5.59. The fourth-order valence-corrected chi connectivity index (χ4v) is 3.07. The topological polar surface area (TPSA) is 63.8 Å². The van der Waals surface area contributed by atoms with Gasteiger partial charge in [-0.2, -0.15) is 0 Å². The number of nitrogens with zero attached hydrogens (tertiary/aromatic N) is 2. The average Bonchev–Trinajstić information content (AvgIpc) is 2.75. The summed E-state index contributed by atoms with van der Waals surface area (Å²) >= 11 is 10.1. The van der Waals surface area contributed by atoms with Gasteiger partial charge in [0.15, 0.2) is 5.82 Å². The highest BCUT2D eigenvalue weighted by atomic mass is 79.9. The number of anilines is 1. The number of thiocarbonyl (C=S) groups is 1. The van der Waals surface area contributed by atoms with E-state index in [0.29, 0.717) is 11.5 Å². The van der Waals surface area contributed by atoms with Crippen LogP contribution in [0, 0.1) is 0 Å². The van der Waals surface area contributed by atoms with Crippen molar-refractivity contribution in [3.8, 4) is 0 Å². The largest absolute Gasteiger partial charge is 0.388 e. The molecule has 0 saturated heterocycles. The van der Waals surface area contributed by atoms with Gasteiger partial charge in [0.05, 0.1) is 3.79 Å². The summed E-state index contributed by atoms with van der Waals surface area (Å²) < 4.78 is 1.14. The zero-order valence-electron chi connectivity index (χ0n) is 9.39. The third kappa shape index (κ3) is 3.47. The maximum absolute atomic E-state index is 5.59. The minimum atomic E-state index is 0.254. The van der Waals surface area contributed by atoms with E-state index in [1.165, 1.54) is 4.88 Å². The van der Waals surface area contributed by atoms with Crippen molar-refractivity contribution in [3.63, 3.8) is 0 Å². The van der Waals surface area contributed by atoms with Crippen molar-refractivity contribution in [3.05, 3.63) is 38.9 Å². The van der Waals surface area contributed by atoms with Crippen LogP contribution >= 0.6 is 39.5 Å². The lowest BCUT2D eigenvalue weighted by Gasteiger charge is -2.07. The van der Waals surface area contributed by atoms with Crippen molar-refractivity contribution < 1.29 is 0 Å². The summed E-state index contributed by atoms with van der Waals surface area (Å²) in [6.45, 7) is 0.765. The Hall–Kier alpha value is -1.05. The van der Waals surface area contributed by atoms with E-state index >= 15 is 0 Å². The van der Waals surface area contributed by atoms with Crippen LogP contribution in [0.3, 0.4) is 0 Å². The van der Waals surface area contributed by atoms with Crippen LogP contribution in [0.5, 0.6) is 0 Å². The highest BCUT2D eigenvalue weighted by molar-refractivity contribution is 9.11. The molecule has 0 radical (unpaired) electrons. The smallest absolute Gasteiger partial charge is 0.155 e. The third-order valence-electron chi connectivity index (χ3n) is 2.22. The molecule has 0 aromatic carbocycles. The van der Waals surface area contributed by atoms with E-state index in [-0.39, 0.29) is 4.99 Å². The first-order valence-electron chi connectivity index (χ1n) is 5.25. The average molecular weight is 343 g/mol.